The Hall–Kier alpha value is 0.860. The molecule has 0 bridgehead atoms. The summed E-state index contributed by atoms with van der Waals surface area (Å²) in [6.45, 7) is 0. The number of thiol groups is 1. The fourth-order valence-corrected chi connectivity index (χ4v) is 1.25. The SMILES string of the molecule is CS(=O)(=O)OC[SH](=O)=O.[NaH]. The van der Waals surface area contributed by atoms with Gasteiger partial charge in [0.15, 0.2) is 16.6 Å². The van der Waals surface area contributed by atoms with Gasteiger partial charge in [-0.25, -0.2) is 8.42 Å². The quantitative estimate of drug-likeness (QED) is 0.319. The van der Waals surface area contributed by atoms with Gasteiger partial charge in [0.2, 0.25) is 0 Å². The van der Waals surface area contributed by atoms with Crippen LogP contribution in [0.25, 0.3) is 0 Å². The first-order valence-corrected chi connectivity index (χ1v) is 5.06. The summed E-state index contributed by atoms with van der Waals surface area (Å²) in [4.78, 5) is 0. The Bertz CT molecular complexity index is 230. The molecule has 0 unspecified atom stereocenters. The zero-order valence-corrected chi connectivity index (χ0v) is 6.31. The van der Waals surface area contributed by atoms with Crippen LogP contribution in [0.5, 0.6) is 0 Å². The van der Waals surface area contributed by atoms with Crippen molar-refractivity contribution < 1.29 is 21.0 Å². The van der Waals surface area contributed by atoms with Gasteiger partial charge in [-0.15, -0.1) is 0 Å². The molecular weight excluding hydrogens is 191 g/mol. The molecule has 0 rings (SSSR count). The van der Waals surface area contributed by atoms with Crippen molar-refractivity contribution in [1.82, 2.24) is 0 Å². The van der Waals surface area contributed by atoms with Crippen LogP contribution in [0.1, 0.15) is 0 Å². The Balaban J connectivity index is 0. The van der Waals surface area contributed by atoms with E-state index in [1.54, 1.807) is 0 Å². The minimum atomic E-state index is -3.60. The number of hydrogen-bond donors (Lipinski definition) is 1. The second-order valence-electron chi connectivity index (χ2n) is 1.28. The van der Waals surface area contributed by atoms with Gasteiger partial charge >= 0.3 is 29.6 Å². The van der Waals surface area contributed by atoms with Crippen molar-refractivity contribution >= 4 is 50.4 Å². The summed E-state index contributed by atoms with van der Waals surface area (Å²) >= 11 is 0. The normalized spacial score (nSPS) is 11.0. The van der Waals surface area contributed by atoms with Crippen LogP contribution in [0.3, 0.4) is 0 Å². The van der Waals surface area contributed by atoms with Gasteiger partial charge in [-0.2, -0.15) is 8.42 Å². The van der Waals surface area contributed by atoms with Crippen LogP contribution < -0.4 is 0 Å². The average Bonchev–Trinajstić information content (AvgIpc) is 1.59. The van der Waals surface area contributed by atoms with Crippen molar-refractivity contribution in [2.45, 2.75) is 0 Å². The van der Waals surface area contributed by atoms with E-state index in [2.05, 4.69) is 4.18 Å². The Morgan fingerprint density at radius 1 is 1.40 bits per heavy atom. The molecule has 0 aromatic rings. The maximum absolute atomic E-state index is 10.0. The molecular formula is C2H7NaO5S2. The van der Waals surface area contributed by atoms with Crippen molar-refractivity contribution in [3.05, 3.63) is 0 Å². The van der Waals surface area contributed by atoms with Crippen LogP contribution in [-0.4, -0.2) is 58.6 Å². The maximum atomic E-state index is 10.0. The summed E-state index contributed by atoms with van der Waals surface area (Å²) < 4.78 is 43.3. The first-order chi connectivity index (χ1) is 3.92. The summed E-state index contributed by atoms with van der Waals surface area (Å²) in [6.07, 6.45) is 0.784. The molecule has 0 N–H and O–H groups in total. The molecule has 0 aromatic carbocycles. The van der Waals surface area contributed by atoms with E-state index in [9.17, 15) is 16.8 Å². The van der Waals surface area contributed by atoms with Crippen LogP contribution in [-0.2, 0) is 25.0 Å². The molecule has 0 aliphatic heterocycles. The Morgan fingerprint density at radius 3 is 1.90 bits per heavy atom. The third-order valence-electron chi connectivity index (χ3n) is 0.372. The summed E-state index contributed by atoms with van der Waals surface area (Å²) in [5, 5.41) is 0. The molecule has 0 fully saturated rings. The van der Waals surface area contributed by atoms with Crippen molar-refractivity contribution in [3.63, 3.8) is 0 Å². The number of rotatable bonds is 3. The van der Waals surface area contributed by atoms with E-state index in [4.69, 9.17) is 0 Å². The standard InChI is InChI=1S/C2H6O5S2.Na.H/c1-9(5,6)7-2-8(3)4;;/h8H,2H2,1H3;;. The molecule has 58 valence electrons. The van der Waals surface area contributed by atoms with E-state index >= 15 is 0 Å². The monoisotopic (exact) mass is 198 g/mol. The zero-order valence-electron chi connectivity index (χ0n) is 4.60. The van der Waals surface area contributed by atoms with Crippen LogP contribution in [0, 0.1) is 0 Å². The van der Waals surface area contributed by atoms with Gasteiger partial charge in [0.1, 0.15) is 0 Å². The van der Waals surface area contributed by atoms with Crippen molar-refractivity contribution in [3.8, 4) is 0 Å². The summed E-state index contributed by atoms with van der Waals surface area (Å²) in [6, 6.07) is 0. The van der Waals surface area contributed by atoms with Gasteiger partial charge in [-0.1, -0.05) is 0 Å². The Labute approximate surface area is 83.1 Å². The Morgan fingerprint density at radius 2 is 1.80 bits per heavy atom. The predicted molar refractivity (Wildman–Crippen MR) is 38.3 cm³/mol. The van der Waals surface area contributed by atoms with E-state index in [1.807, 2.05) is 0 Å². The van der Waals surface area contributed by atoms with Gasteiger partial charge in [-0.3, -0.25) is 4.18 Å². The molecule has 0 saturated heterocycles. The minimum absolute atomic E-state index is 0. The van der Waals surface area contributed by atoms with Crippen molar-refractivity contribution in [2.75, 3.05) is 12.2 Å². The van der Waals surface area contributed by atoms with Crippen LogP contribution in [0.2, 0.25) is 0 Å². The Kier molecular flexibility index (Phi) is 7.40. The molecule has 8 heteroatoms. The average molecular weight is 198 g/mol. The molecule has 0 aromatic heterocycles. The molecule has 0 aliphatic carbocycles. The molecule has 10 heavy (non-hydrogen) atoms. The third kappa shape index (κ3) is 11.6. The van der Waals surface area contributed by atoms with E-state index in [0.29, 0.717) is 0 Å². The predicted octanol–water partition coefficient (Wildman–Crippen LogP) is -2.12. The number of hydrogen-bond acceptors (Lipinski definition) is 5. The molecule has 0 radical (unpaired) electrons. The first-order valence-electron chi connectivity index (χ1n) is 1.88. The van der Waals surface area contributed by atoms with Gasteiger partial charge < -0.3 is 0 Å². The van der Waals surface area contributed by atoms with Gasteiger partial charge in [-0.05, 0) is 0 Å². The van der Waals surface area contributed by atoms with Crippen LogP contribution in [0.4, 0.5) is 0 Å². The van der Waals surface area contributed by atoms with Crippen molar-refractivity contribution in [1.29, 1.82) is 0 Å². The molecule has 0 spiro atoms. The zero-order chi connectivity index (χ0) is 7.49. The second-order valence-corrected chi connectivity index (χ2v) is 3.85. The van der Waals surface area contributed by atoms with E-state index < -0.39 is 26.8 Å². The molecule has 5 nitrogen and oxygen atoms in total. The fourth-order valence-electron chi connectivity index (χ4n) is 0.139. The molecule has 0 amide bonds. The van der Waals surface area contributed by atoms with Gasteiger partial charge in [0, 0.05) is 0 Å². The third-order valence-corrected chi connectivity index (χ3v) is 1.43. The fraction of sp³-hybridized carbons (Fsp3) is 1.00. The van der Waals surface area contributed by atoms with Gasteiger partial charge in [0.05, 0.1) is 6.26 Å². The second kappa shape index (κ2) is 5.50. The molecule has 0 saturated carbocycles. The van der Waals surface area contributed by atoms with Crippen LogP contribution in [0.15, 0.2) is 0 Å². The molecule has 0 atom stereocenters. The summed E-state index contributed by atoms with van der Waals surface area (Å²) in [5.74, 6) is -0.770. The van der Waals surface area contributed by atoms with E-state index in [1.165, 1.54) is 0 Å². The topological polar surface area (TPSA) is 77.5 Å². The summed E-state index contributed by atoms with van der Waals surface area (Å²) in [5.41, 5.74) is 0. The first kappa shape index (κ1) is 13.4. The summed E-state index contributed by atoms with van der Waals surface area (Å²) in [7, 11) is -6.37. The van der Waals surface area contributed by atoms with Crippen molar-refractivity contribution in [2.24, 2.45) is 0 Å². The van der Waals surface area contributed by atoms with Gasteiger partial charge in [0.25, 0.3) is 10.1 Å². The molecule has 0 heterocycles. The van der Waals surface area contributed by atoms with E-state index in [-0.39, 0.29) is 29.6 Å². The van der Waals surface area contributed by atoms with E-state index in [0.717, 1.165) is 6.26 Å². The molecule has 0 aliphatic rings. The van der Waals surface area contributed by atoms with Crippen LogP contribution >= 0.6 is 0 Å².